The molecule has 0 spiro atoms. The molecule has 0 saturated heterocycles. The summed E-state index contributed by atoms with van der Waals surface area (Å²) in [5.74, 6) is -1.76. The number of hydrogen-bond acceptors (Lipinski definition) is 7. The predicted octanol–water partition coefficient (Wildman–Crippen LogP) is 14.8. The van der Waals surface area contributed by atoms with Gasteiger partial charge in [0, 0.05) is 52.6 Å². The number of benzene rings is 9. The summed E-state index contributed by atoms with van der Waals surface area (Å²) in [4.78, 5) is 54.6. The maximum Gasteiger partial charge on any atom is 0.411 e. The van der Waals surface area contributed by atoms with Crippen molar-refractivity contribution in [2.75, 3.05) is 35.8 Å². The quantitative estimate of drug-likeness (QED) is 0.0883. The third kappa shape index (κ3) is 7.94. The molecule has 0 radical (unpaired) electrons. The van der Waals surface area contributed by atoms with E-state index in [4.69, 9.17) is 14.2 Å². The molecular weight excluding hydrogens is 987 g/mol. The summed E-state index contributed by atoms with van der Waals surface area (Å²) in [6, 6.07) is 66.3. The van der Waals surface area contributed by atoms with Crippen LogP contribution in [0.2, 0.25) is 0 Å². The van der Waals surface area contributed by atoms with Crippen LogP contribution in [-0.4, -0.2) is 49.2 Å². The zero-order valence-electron chi connectivity index (χ0n) is 42.7. The Morgan fingerprint density at radius 3 is 0.899 bits per heavy atom. The van der Waals surface area contributed by atoms with Crippen LogP contribution in [-0.2, 0) is 24.4 Å². The van der Waals surface area contributed by atoms with E-state index in [0.29, 0.717) is 17.1 Å². The second-order valence-electron chi connectivity index (χ2n) is 21.0. The Bertz CT molecular complexity index is 3490. The summed E-state index contributed by atoms with van der Waals surface area (Å²) in [7, 11) is 0. The van der Waals surface area contributed by atoms with Crippen molar-refractivity contribution in [3.8, 4) is 33.4 Å². The van der Waals surface area contributed by atoms with Crippen LogP contribution in [0.5, 0.6) is 0 Å². The smallest absolute Gasteiger partial charge is 0.411 e. The summed E-state index contributed by atoms with van der Waals surface area (Å²) in [6.45, 7) is 0.360. The Labute approximate surface area is 455 Å². The van der Waals surface area contributed by atoms with E-state index in [2.05, 4.69) is 88.7 Å². The lowest BCUT2D eigenvalue weighted by atomic mass is 9.51. The van der Waals surface area contributed by atoms with E-state index in [0.717, 1.165) is 100 Å². The maximum atomic E-state index is 13.9. The van der Waals surface area contributed by atoms with Crippen molar-refractivity contribution in [2.24, 2.45) is 0 Å². The number of carbonyl (C=O) groups excluding carboxylic acids is 3. The number of rotatable bonds is 12. The van der Waals surface area contributed by atoms with Crippen LogP contribution < -0.4 is 16.0 Å². The molecule has 6 aliphatic rings. The van der Waals surface area contributed by atoms with Crippen LogP contribution in [0.25, 0.3) is 33.4 Å². The zero-order valence-corrected chi connectivity index (χ0v) is 42.7. The molecule has 0 aromatic heterocycles. The molecule has 386 valence electrons. The number of anilines is 3. The number of fused-ring (bicyclic) bond motifs is 9. The number of ether oxygens (including phenoxy) is 3. The van der Waals surface area contributed by atoms with Gasteiger partial charge in [0.05, 0.1) is 0 Å². The lowest BCUT2D eigenvalue weighted by Gasteiger charge is -2.51. The highest BCUT2D eigenvalue weighted by molar-refractivity contribution is 5.90. The van der Waals surface area contributed by atoms with E-state index in [1.807, 2.05) is 127 Å². The molecule has 0 heterocycles. The number of hydrogen-bond donors (Lipinski definition) is 4. The summed E-state index contributed by atoms with van der Waals surface area (Å²) in [5, 5.41) is 19.5. The molecule has 0 fully saturated rings. The summed E-state index contributed by atoms with van der Waals surface area (Å²) in [5.41, 5.74) is 18.7. The first-order valence-electron chi connectivity index (χ1n) is 26.7. The van der Waals surface area contributed by atoms with Crippen molar-refractivity contribution in [2.45, 2.75) is 41.9 Å². The molecule has 9 aromatic carbocycles. The van der Waals surface area contributed by atoms with Gasteiger partial charge in [0.1, 0.15) is 19.8 Å². The van der Waals surface area contributed by atoms with Gasteiger partial charge in [-0.05, 0) is 143 Å². The molecule has 79 heavy (non-hydrogen) atoms. The van der Waals surface area contributed by atoms with Gasteiger partial charge in [-0.15, -0.1) is 0 Å². The highest BCUT2D eigenvalue weighted by Gasteiger charge is 2.52. The molecule has 4 N–H and O–H groups in total. The first-order valence-corrected chi connectivity index (χ1v) is 26.7. The Kier molecular flexibility index (Phi) is 11.5. The highest BCUT2D eigenvalue weighted by atomic mass is 16.6. The van der Waals surface area contributed by atoms with E-state index in [9.17, 15) is 24.3 Å². The molecular formula is C68H51N3O8. The minimum absolute atomic E-state index is 0.0965. The number of nitrogens with one attached hydrogen (secondary N) is 3. The standard InChI is InChI=1S/C68H51N3O8/c72-63(73)31-32-68-60-33-39(69-65(74)77-36-57-48-19-7-1-13-42(48)43-14-2-8-20-49(43)57)25-28-54(60)64(55-29-26-40(34-61(55)68)70-66(75)78-37-58-50-21-9-3-15-44(50)45-16-4-10-22-51(45)58)56-30-27-41(35-62(56)68)71-67(76)79-38-59-52-23-11-5-17-46(52)47-18-6-12-24-53(47)59/h1-30,33-35,57-59,64H,31-32,36-38H2,(H,69,74)(H,70,75)(H,71,76)(H,72,73). The van der Waals surface area contributed by atoms with Crippen molar-refractivity contribution < 1.29 is 38.5 Å². The van der Waals surface area contributed by atoms with E-state index in [1.165, 1.54) is 0 Å². The Balaban J connectivity index is 0.785. The number of carboxylic acids is 1. The zero-order chi connectivity index (χ0) is 53.4. The van der Waals surface area contributed by atoms with Crippen molar-refractivity contribution in [3.05, 3.63) is 267 Å². The van der Waals surface area contributed by atoms with Gasteiger partial charge in [0.15, 0.2) is 0 Å². The van der Waals surface area contributed by atoms with Gasteiger partial charge < -0.3 is 19.3 Å². The minimum atomic E-state index is -1.16. The van der Waals surface area contributed by atoms with E-state index in [-0.39, 0.29) is 56.3 Å². The molecule has 0 aliphatic heterocycles. The monoisotopic (exact) mass is 1040 g/mol. The molecule has 2 bridgehead atoms. The maximum absolute atomic E-state index is 13.9. The minimum Gasteiger partial charge on any atom is -0.481 e. The molecule has 0 atom stereocenters. The number of carboxylic acid groups (broad SMARTS) is 1. The van der Waals surface area contributed by atoms with Gasteiger partial charge in [-0.25, -0.2) is 14.4 Å². The highest BCUT2D eigenvalue weighted by Crippen LogP contribution is 2.62. The second-order valence-corrected chi connectivity index (χ2v) is 21.0. The lowest BCUT2D eigenvalue weighted by molar-refractivity contribution is -0.137. The number of aliphatic carboxylic acids is 1. The molecule has 6 aliphatic carbocycles. The molecule has 9 aromatic rings. The van der Waals surface area contributed by atoms with Crippen LogP contribution in [0.15, 0.2) is 200 Å². The van der Waals surface area contributed by atoms with Gasteiger partial charge in [-0.1, -0.05) is 164 Å². The largest absolute Gasteiger partial charge is 0.481 e. The first kappa shape index (κ1) is 47.7. The Morgan fingerprint density at radius 2 is 0.633 bits per heavy atom. The van der Waals surface area contributed by atoms with Crippen molar-refractivity contribution in [1.29, 1.82) is 0 Å². The van der Waals surface area contributed by atoms with Crippen LogP contribution in [0.3, 0.4) is 0 Å². The summed E-state index contributed by atoms with van der Waals surface area (Å²) in [6.07, 6.45) is -2.03. The molecule has 0 saturated carbocycles. The first-order chi connectivity index (χ1) is 38.7. The fourth-order valence-corrected chi connectivity index (χ4v) is 13.7. The average molecular weight is 1040 g/mol. The number of amides is 3. The fraction of sp³-hybridized carbons (Fsp3) is 0.147. The fourth-order valence-electron chi connectivity index (χ4n) is 13.7. The second kappa shape index (κ2) is 19.1. The Hall–Kier alpha value is -9.74. The van der Waals surface area contributed by atoms with Crippen LogP contribution >= 0.6 is 0 Å². The van der Waals surface area contributed by atoms with Gasteiger partial charge >= 0.3 is 24.2 Å². The summed E-state index contributed by atoms with van der Waals surface area (Å²) < 4.78 is 18.0. The third-order valence-electron chi connectivity index (χ3n) is 17.0. The normalized spacial score (nSPS) is 16.4. The molecule has 3 amide bonds. The molecule has 15 rings (SSSR count). The molecule has 0 unspecified atom stereocenters. The topological polar surface area (TPSA) is 152 Å². The van der Waals surface area contributed by atoms with Crippen LogP contribution in [0.1, 0.15) is 103 Å². The van der Waals surface area contributed by atoms with Crippen LogP contribution in [0, 0.1) is 0 Å². The van der Waals surface area contributed by atoms with Crippen molar-refractivity contribution in [1.82, 2.24) is 0 Å². The predicted molar refractivity (Wildman–Crippen MR) is 303 cm³/mol. The van der Waals surface area contributed by atoms with E-state index < -0.39 is 29.7 Å². The number of carbonyl (C=O) groups is 4. The van der Waals surface area contributed by atoms with E-state index >= 15 is 0 Å². The van der Waals surface area contributed by atoms with Gasteiger partial charge in [-0.3, -0.25) is 20.7 Å². The summed E-state index contributed by atoms with van der Waals surface area (Å²) >= 11 is 0. The lowest BCUT2D eigenvalue weighted by Crippen LogP contribution is -2.43. The van der Waals surface area contributed by atoms with Crippen LogP contribution in [0.4, 0.5) is 31.4 Å². The van der Waals surface area contributed by atoms with Gasteiger partial charge in [-0.2, -0.15) is 0 Å². The molecule has 11 nitrogen and oxygen atoms in total. The van der Waals surface area contributed by atoms with Crippen molar-refractivity contribution in [3.63, 3.8) is 0 Å². The van der Waals surface area contributed by atoms with Crippen molar-refractivity contribution >= 4 is 41.3 Å². The van der Waals surface area contributed by atoms with Gasteiger partial charge in [0.25, 0.3) is 0 Å². The Morgan fingerprint density at radius 1 is 0.367 bits per heavy atom. The van der Waals surface area contributed by atoms with Gasteiger partial charge in [0.2, 0.25) is 0 Å². The SMILES string of the molecule is O=C(O)CCC12c3cc(NC(=O)OCC4c5ccccc5-c5ccccc54)ccc3C(c3ccc(NC(=O)OCC4c5ccccc5-c5ccccc54)cc31)c1ccc(NC(=O)OCC3c4ccccc4-c4ccccc43)cc12. The average Bonchev–Trinajstić information content (AvgIpc) is 2.75. The van der Waals surface area contributed by atoms with E-state index in [1.54, 1.807) is 0 Å². The molecule has 11 heteroatoms. The third-order valence-corrected chi connectivity index (χ3v) is 17.0.